The summed E-state index contributed by atoms with van der Waals surface area (Å²) < 4.78 is 5.50. The Balaban J connectivity index is 1.58. The molecule has 1 aliphatic heterocycles. The smallest absolute Gasteiger partial charge is 0.263 e. The number of aryl methyl sites for hydroxylation is 1. The number of nitrogens with zero attached hydrogens (tertiary/aromatic N) is 2. The first kappa shape index (κ1) is 21.5. The van der Waals surface area contributed by atoms with Crippen molar-refractivity contribution in [1.29, 1.82) is 0 Å². The van der Waals surface area contributed by atoms with Crippen molar-refractivity contribution in [3.63, 3.8) is 0 Å². The molecule has 0 aliphatic carbocycles. The van der Waals surface area contributed by atoms with E-state index in [4.69, 9.17) is 4.74 Å². The average molecular weight is 414 g/mol. The topological polar surface area (TPSA) is 54.5 Å². The van der Waals surface area contributed by atoms with Gasteiger partial charge in [0.1, 0.15) is 15.6 Å². The number of hydrogen-bond acceptors (Lipinski definition) is 5. The Bertz CT molecular complexity index is 846. The minimum atomic E-state index is -0.0000602. The lowest BCUT2D eigenvalue weighted by atomic mass is 10.0. The van der Waals surface area contributed by atoms with Crippen LogP contribution in [0.4, 0.5) is 0 Å². The zero-order valence-electron chi connectivity index (χ0n) is 17.8. The van der Waals surface area contributed by atoms with Crippen molar-refractivity contribution < 1.29 is 9.53 Å². The number of likely N-dealkylation sites (tertiary alicyclic amines) is 1. The predicted molar refractivity (Wildman–Crippen MR) is 120 cm³/mol. The van der Waals surface area contributed by atoms with E-state index in [-0.39, 0.29) is 11.9 Å². The number of carbonyl (C=O) groups excluding carboxylic acids is 1. The van der Waals surface area contributed by atoms with Gasteiger partial charge in [-0.3, -0.25) is 9.69 Å². The lowest BCUT2D eigenvalue weighted by molar-refractivity contribution is 0.0917. The third-order valence-corrected chi connectivity index (χ3v) is 6.30. The maximum atomic E-state index is 12.8. The predicted octanol–water partition coefficient (Wildman–Crippen LogP) is 4.68. The molecule has 2 heterocycles. The number of allylic oxidation sites excluding steroid dienone is 1. The van der Waals surface area contributed by atoms with Gasteiger partial charge in [0.15, 0.2) is 0 Å². The van der Waals surface area contributed by atoms with E-state index in [1.54, 1.807) is 0 Å². The first-order valence-electron chi connectivity index (χ1n) is 10.3. The highest BCUT2D eigenvalue weighted by molar-refractivity contribution is 7.17. The van der Waals surface area contributed by atoms with E-state index >= 15 is 0 Å². The molecule has 0 bridgehead atoms. The number of hydrogen-bond donors (Lipinski definition) is 1. The highest BCUT2D eigenvalue weighted by Gasteiger charge is 2.23. The summed E-state index contributed by atoms with van der Waals surface area (Å²) in [7, 11) is 0. The van der Waals surface area contributed by atoms with Gasteiger partial charge in [-0.25, -0.2) is 4.98 Å². The van der Waals surface area contributed by atoms with Crippen molar-refractivity contribution in [2.45, 2.75) is 46.6 Å². The van der Waals surface area contributed by atoms with Crippen LogP contribution in [0.25, 0.3) is 10.6 Å². The molecule has 0 atom stereocenters. The van der Waals surface area contributed by atoms with Crippen LogP contribution in [0.3, 0.4) is 0 Å². The minimum Gasteiger partial charge on any atom is -0.494 e. The summed E-state index contributed by atoms with van der Waals surface area (Å²) in [5.41, 5.74) is 3.15. The van der Waals surface area contributed by atoms with Crippen LogP contribution < -0.4 is 10.1 Å². The Hall–Kier alpha value is -2.18. The molecule has 0 saturated carbocycles. The normalized spacial score (nSPS) is 15.2. The van der Waals surface area contributed by atoms with Gasteiger partial charge < -0.3 is 10.1 Å². The largest absolute Gasteiger partial charge is 0.494 e. The zero-order chi connectivity index (χ0) is 20.8. The van der Waals surface area contributed by atoms with Crippen LogP contribution in [0.5, 0.6) is 5.75 Å². The Kier molecular flexibility index (Phi) is 7.45. The van der Waals surface area contributed by atoms with E-state index in [1.165, 1.54) is 16.9 Å². The highest BCUT2D eigenvalue weighted by atomic mass is 32.1. The fraction of sp³-hybridized carbons (Fsp3) is 0.478. The molecule has 0 radical (unpaired) electrons. The van der Waals surface area contributed by atoms with Crippen molar-refractivity contribution >= 4 is 17.2 Å². The first-order valence-corrected chi connectivity index (χ1v) is 11.1. The van der Waals surface area contributed by atoms with Gasteiger partial charge in [-0.05, 0) is 64.8 Å². The minimum absolute atomic E-state index is 0.0000602. The summed E-state index contributed by atoms with van der Waals surface area (Å²) in [6.45, 7) is 11.8. The molecule has 1 saturated heterocycles. The van der Waals surface area contributed by atoms with Gasteiger partial charge in [-0.1, -0.05) is 11.6 Å². The Morgan fingerprint density at radius 2 is 1.97 bits per heavy atom. The molecular formula is C23H31N3O2S. The van der Waals surface area contributed by atoms with E-state index in [0.717, 1.165) is 54.5 Å². The average Bonchev–Trinajstić information content (AvgIpc) is 3.10. The number of ether oxygens (including phenoxy) is 1. The molecule has 1 aromatic heterocycles. The van der Waals surface area contributed by atoms with Gasteiger partial charge in [-0.15, -0.1) is 11.3 Å². The fourth-order valence-corrected chi connectivity index (χ4v) is 4.39. The van der Waals surface area contributed by atoms with Gasteiger partial charge in [-0.2, -0.15) is 0 Å². The Labute approximate surface area is 177 Å². The molecule has 6 heteroatoms. The van der Waals surface area contributed by atoms with Crippen LogP contribution in [0, 0.1) is 6.92 Å². The molecule has 29 heavy (non-hydrogen) atoms. The van der Waals surface area contributed by atoms with E-state index < -0.39 is 0 Å². The SMILES string of the molecule is CCOc1ccc(-c2nc(C)c(C(=O)NC3CCN(CC=C(C)C)CC3)s2)cc1. The molecule has 3 rings (SSSR count). The maximum absolute atomic E-state index is 12.8. The maximum Gasteiger partial charge on any atom is 0.263 e. The molecule has 1 N–H and O–H groups in total. The van der Waals surface area contributed by atoms with Crippen molar-refractivity contribution in [1.82, 2.24) is 15.2 Å². The molecule has 0 unspecified atom stereocenters. The van der Waals surface area contributed by atoms with Crippen LogP contribution >= 0.6 is 11.3 Å². The van der Waals surface area contributed by atoms with E-state index in [9.17, 15) is 4.79 Å². The third-order valence-electron chi connectivity index (χ3n) is 5.10. The third kappa shape index (κ3) is 5.90. The van der Waals surface area contributed by atoms with Crippen molar-refractivity contribution in [3.8, 4) is 16.3 Å². The lowest BCUT2D eigenvalue weighted by Crippen LogP contribution is -2.44. The van der Waals surface area contributed by atoms with E-state index in [1.807, 2.05) is 38.1 Å². The summed E-state index contributed by atoms with van der Waals surface area (Å²) in [5.74, 6) is 0.846. The molecule has 156 valence electrons. The number of amides is 1. The van der Waals surface area contributed by atoms with Crippen LogP contribution in [-0.4, -0.2) is 48.1 Å². The second-order valence-electron chi connectivity index (χ2n) is 7.72. The number of benzene rings is 1. The summed E-state index contributed by atoms with van der Waals surface area (Å²) >= 11 is 1.46. The van der Waals surface area contributed by atoms with Crippen LogP contribution in [-0.2, 0) is 0 Å². The number of thiazole rings is 1. The van der Waals surface area contributed by atoms with Gasteiger partial charge in [0, 0.05) is 31.2 Å². The van der Waals surface area contributed by atoms with Gasteiger partial charge >= 0.3 is 0 Å². The molecular weight excluding hydrogens is 382 g/mol. The highest BCUT2D eigenvalue weighted by Crippen LogP contribution is 2.29. The molecule has 1 aliphatic rings. The van der Waals surface area contributed by atoms with Crippen LogP contribution in [0.1, 0.15) is 49.0 Å². The second-order valence-corrected chi connectivity index (χ2v) is 8.72. The first-order chi connectivity index (χ1) is 14.0. The standard InChI is InChI=1S/C23H31N3O2S/c1-5-28-20-8-6-18(7-9-20)23-24-17(4)21(29-23)22(27)25-19-11-14-26(15-12-19)13-10-16(2)3/h6-10,19H,5,11-15H2,1-4H3,(H,25,27). The number of rotatable bonds is 7. The molecule has 1 aromatic carbocycles. The van der Waals surface area contributed by atoms with Crippen molar-refractivity contribution in [2.24, 2.45) is 0 Å². The molecule has 2 aromatic rings. The molecule has 5 nitrogen and oxygen atoms in total. The van der Waals surface area contributed by atoms with E-state index in [0.29, 0.717) is 11.5 Å². The van der Waals surface area contributed by atoms with Crippen LogP contribution in [0.15, 0.2) is 35.9 Å². The summed E-state index contributed by atoms with van der Waals surface area (Å²) in [6, 6.07) is 8.11. The zero-order valence-corrected chi connectivity index (χ0v) is 18.6. The Morgan fingerprint density at radius 3 is 2.59 bits per heavy atom. The van der Waals surface area contributed by atoms with Crippen LogP contribution in [0.2, 0.25) is 0 Å². The number of carbonyl (C=O) groups is 1. The van der Waals surface area contributed by atoms with Crippen molar-refractivity contribution in [3.05, 3.63) is 46.5 Å². The van der Waals surface area contributed by atoms with Gasteiger partial charge in [0.05, 0.1) is 12.3 Å². The Morgan fingerprint density at radius 1 is 1.28 bits per heavy atom. The number of nitrogens with one attached hydrogen (secondary N) is 1. The summed E-state index contributed by atoms with van der Waals surface area (Å²) in [6.07, 6.45) is 4.25. The monoisotopic (exact) mass is 413 g/mol. The molecule has 1 fully saturated rings. The van der Waals surface area contributed by atoms with Crippen molar-refractivity contribution in [2.75, 3.05) is 26.2 Å². The summed E-state index contributed by atoms with van der Waals surface area (Å²) in [5, 5.41) is 4.09. The molecule has 0 spiro atoms. The molecule has 1 amide bonds. The quantitative estimate of drug-likeness (QED) is 0.670. The fourth-order valence-electron chi connectivity index (χ4n) is 3.41. The van der Waals surface area contributed by atoms with E-state index in [2.05, 4.69) is 35.1 Å². The number of piperidine rings is 1. The van der Waals surface area contributed by atoms with Gasteiger partial charge in [0.25, 0.3) is 5.91 Å². The summed E-state index contributed by atoms with van der Waals surface area (Å²) in [4.78, 5) is 20.6. The lowest BCUT2D eigenvalue weighted by Gasteiger charge is -2.31. The number of aromatic nitrogens is 1. The van der Waals surface area contributed by atoms with Gasteiger partial charge in [0.2, 0.25) is 0 Å². The second kappa shape index (κ2) is 10.0.